The lowest BCUT2D eigenvalue weighted by molar-refractivity contribution is -0.146. The van der Waals surface area contributed by atoms with Crippen LogP contribution in [0.2, 0.25) is 0 Å². The molecular formula is C12H15AlO9. The van der Waals surface area contributed by atoms with E-state index in [-0.39, 0.29) is 0 Å². The van der Waals surface area contributed by atoms with Crippen LogP contribution in [0.5, 0.6) is 0 Å². The van der Waals surface area contributed by atoms with Crippen molar-refractivity contribution < 1.29 is 41.1 Å². The van der Waals surface area contributed by atoms with Gasteiger partial charge in [-0.05, 0) is 39.0 Å². The van der Waals surface area contributed by atoms with Crippen LogP contribution in [0.25, 0.3) is 0 Å². The van der Waals surface area contributed by atoms with Gasteiger partial charge in [0.1, 0.15) is 0 Å². The predicted molar refractivity (Wildman–Crippen MR) is 73.2 cm³/mol. The largest absolute Gasteiger partial charge is 1.20 e. The van der Waals surface area contributed by atoms with Crippen LogP contribution in [0.4, 0.5) is 0 Å². The Balaban J connectivity index is 5.11. The standard InChI is InChI=1S/3C4H6O3.Al/c3*1-2-3(5)4(6)7;/h3*2,5H,1H3,(H,6,7);/q;;;+3/p-3. The second-order valence-corrected chi connectivity index (χ2v) is 4.81. The molecule has 120 valence electrons. The Morgan fingerprint density at radius 2 is 0.909 bits per heavy atom. The van der Waals surface area contributed by atoms with E-state index in [2.05, 4.69) is 11.4 Å². The van der Waals surface area contributed by atoms with Crippen LogP contribution in [0.15, 0.2) is 35.5 Å². The Kier molecular flexibility index (Phi) is 8.44. The van der Waals surface area contributed by atoms with Crippen LogP contribution in [0, 0.1) is 0 Å². The van der Waals surface area contributed by atoms with Gasteiger partial charge in [-0.15, -0.1) is 0 Å². The Morgan fingerprint density at radius 1 is 0.682 bits per heavy atom. The number of aliphatic hydroxyl groups excluding tert-OH is 3. The number of carbonyl (C=O) groups is 3. The van der Waals surface area contributed by atoms with Crippen molar-refractivity contribution in [1.29, 1.82) is 0 Å². The first-order chi connectivity index (χ1) is 10.3. The number of aliphatic hydroxyl groups is 3. The Morgan fingerprint density at radius 3 is 1.09 bits per heavy atom. The predicted octanol–water partition coefficient (Wildman–Crippen LogP) is 0.986. The minimum Gasteiger partial charge on any atom is -0.545 e. The van der Waals surface area contributed by atoms with Gasteiger partial charge in [0.25, 0.3) is 0 Å². The normalized spacial score (nSPS) is 12.4. The van der Waals surface area contributed by atoms with Crippen molar-refractivity contribution in [2.24, 2.45) is 0 Å². The van der Waals surface area contributed by atoms with Gasteiger partial charge in [0.15, 0.2) is 17.3 Å². The zero-order valence-electron chi connectivity index (χ0n) is 12.1. The van der Waals surface area contributed by atoms with Crippen molar-refractivity contribution in [2.75, 3.05) is 0 Å². The highest BCUT2D eigenvalue weighted by atomic mass is 27.3. The lowest BCUT2D eigenvalue weighted by atomic mass is 10.5. The first kappa shape index (κ1) is 19.6. The maximum absolute atomic E-state index is 11.4. The van der Waals surface area contributed by atoms with E-state index in [1.54, 1.807) is 0 Å². The summed E-state index contributed by atoms with van der Waals surface area (Å²) >= 11 is -3.77. The number of allylic oxidation sites excluding steroid dienone is 3. The molecule has 0 saturated heterocycles. The van der Waals surface area contributed by atoms with E-state index in [9.17, 15) is 14.4 Å². The molecule has 10 heteroatoms. The lowest BCUT2D eigenvalue weighted by Gasteiger charge is -2.12. The summed E-state index contributed by atoms with van der Waals surface area (Å²) in [6, 6.07) is 0. The summed E-state index contributed by atoms with van der Waals surface area (Å²) in [7, 11) is 0. The number of hydrogen-bond acceptors (Lipinski definition) is 9. The highest BCUT2D eigenvalue weighted by molar-refractivity contribution is 6.45. The molecule has 0 aromatic heterocycles. The molecule has 0 aromatic rings. The van der Waals surface area contributed by atoms with Gasteiger partial charge in [-0.3, -0.25) is 0 Å². The topological polar surface area (TPSA) is 140 Å². The summed E-state index contributed by atoms with van der Waals surface area (Å²) in [4.78, 5) is 34.2. The van der Waals surface area contributed by atoms with Crippen LogP contribution in [-0.4, -0.2) is 48.4 Å². The molecular weight excluding hydrogens is 315 g/mol. The average molecular weight is 330 g/mol. The quantitative estimate of drug-likeness (QED) is 0.369. The zero-order chi connectivity index (χ0) is 17.3. The van der Waals surface area contributed by atoms with Crippen LogP contribution < -0.4 is 0 Å². The van der Waals surface area contributed by atoms with Gasteiger partial charge in [0.05, 0.1) is 0 Å². The molecule has 0 aromatic carbocycles. The fraction of sp³-hybridized carbons (Fsp3) is 0.250. The Labute approximate surface area is 131 Å². The zero-order valence-corrected chi connectivity index (χ0v) is 13.3. The van der Waals surface area contributed by atoms with Gasteiger partial charge in [-0.2, -0.15) is 0 Å². The molecule has 0 aliphatic heterocycles. The maximum Gasteiger partial charge on any atom is 1.20 e. The van der Waals surface area contributed by atoms with Crippen molar-refractivity contribution in [3.8, 4) is 0 Å². The van der Waals surface area contributed by atoms with Crippen LogP contribution >= 0.6 is 0 Å². The molecule has 22 heavy (non-hydrogen) atoms. The smallest absolute Gasteiger partial charge is 0.545 e. The van der Waals surface area contributed by atoms with Gasteiger partial charge in [0.2, 0.25) is 0 Å². The summed E-state index contributed by atoms with van der Waals surface area (Å²) < 4.78 is 13.7. The molecule has 0 aliphatic rings. The molecule has 0 unspecified atom stereocenters. The minimum absolute atomic E-state index is 0.796. The maximum atomic E-state index is 11.4. The Hall–Kier alpha value is -2.44. The third kappa shape index (κ3) is 6.34. The van der Waals surface area contributed by atoms with E-state index in [0.717, 1.165) is 18.2 Å². The molecule has 0 heterocycles. The molecule has 9 nitrogen and oxygen atoms in total. The van der Waals surface area contributed by atoms with E-state index in [0.29, 0.717) is 0 Å². The molecule has 0 rings (SSSR count). The molecule has 0 radical (unpaired) electrons. The number of carbonyl (C=O) groups excluding carboxylic acids is 3. The van der Waals surface area contributed by atoms with Gasteiger partial charge >= 0.3 is 33.1 Å². The van der Waals surface area contributed by atoms with Crippen molar-refractivity contribution >= 4 is 33.1 Å². The Bertz CT molecular complexity index is 457. The van der Waals surface area contributed by atoms with E-state index in [1.165, 1.54) is 20.8 Å². The van der Waals surface area contributed by atoms with Gasteiger partial charge in [-0.25, -0.2) is 14.4 Å². The van der Waals surface area contributed by atoms with E-state index >= 15 is 0 Å². The fourth-order valence-corrected chi connectivity index (χ4v) is 1.90. The SMILES string of the molecule is CC=C(O)C(=O)[O][Al]([O]C(=O)C(O)=CC)[O]C(=O)C(O)=CC. The molecule has 0 amide bonds. The second kappa shape index (κ2) is 9.49. The van der Waals surface area contributed by atoms with Crippen molar-refractivity contribution in [2.45, 2.75) is 20.8 Å². The van der Waals surface area contributed by atoms with E-state index in [1.807, 2.05) is 0 Å². The monoisotopic (exact) mass is 330 g/mol. The summed E-state index contributed by atoms with van der Waals surface area (Å²) in [5.41, 5.74) is 0. The summed E-state index contributed by atoms with van der Waals surface area (Å²) in [6.07, 6.45) is 3.01. The number of rotatable bonds is 6. The van der Waals surface area contributed by atoms with Crippen LogP contribution in [0.3, 0.4) is 0 Å². The molecule has 0 spiro atoms. The minimum atomic E-state index is -3.77. The van der Waals surface area contributed by atoms with Crippen LogP contribution in [0.1, 0.15) is 20.8 Å². The molecule has 0 fully saturated rings. The fourth-order valence-electron chi connectivity index (χ4n) is 0.869. The van der Waals surface area contributed by atoms with Gasteiger partial charge in [-0.1, -0.05) is 0 Å². The molecule has 0 atom stereocenters. The third-order valence-electron chi connectivity index (χ3n) is 2.06. The van der Waals surface area contributed by atoms with Gasteiger partial charge in [0, 0.05) is 0 Å². The molecule has 3 N–H and O–H groups in total. The van der Waals surface area contributed by atoms with Crippen molar-refractivity contribution in [3.05, 3.63) is 35.5 Å². The van der Waals surface area contributed by atoms with Gasteiger partial charge < -0.3 is 26.7 Å². The molecule has 0 aliphatic carbocycles. The summed E-state index contributed by atoms with van der Waals surface area (Å²) in [6.45, 7) is 4.01. The van der Waals surface area contributed by atoms with E-state index in [4.69, 9.17) is 15.3 Å². The highest BCUT2D eigenvalue weighted by Crippen LogP contribution is 2.05. The summed E-state index contributed by atoms with van der Waals surface area (Å²) in [5.74, 6) is -6.26. The van der Waals surface area contributed by atoms with E-state index < -0.39 is 50.3 Å². The molecule has 0 bridgehead atoms. The molecule has 0 saturated carbocycles. The average Bonchev–Trinajstić information content (AvgIpc) is 2.51. The third-order valence-corrected chi connectivity index (χ3v) is 3.28. The lowest BCUT2D eigenvalue weighted by Crippen LogP contribution is -2.36. The van der Waals surface area contributed by atoms with Crippen molar-refractivity contribution in [3.63, 3.8) is 0 Å². The summed E-state index contributed by atoms with van der Waals surface area (Å²) in [5, 5.41) is 27.5. The first-order valence-electron chi connectivity index (χ1n) is 5.95. The first-order valence-corrected chi connectivity index (χ1v) is 7.36. The van der Waals surface area contributed by atoms with Crippen molar-refractivity contribution in [1.82, 2.24) is 0 Å². The second-order valence-electron chi connectivity index (χ2n) is 3.53. The highest BCUT2D eigenvalue weighted by Gasteiger charge is 2.50. The number of hydrogen-bond donors (Lipinski definition) is 3. The van der Waals surface area contributed by atoms with Crippen LogP contribution in [-0.2, 0) is 25.7 Å².